The Morgan fingerprint density at radius 1 is 0.618 bits per heavy atom. The zero-order valence-corrected chi connectivity index (χ0v) is 46.4. The molecule has 7 amide bonds. The molecule has 4 aromatic rings. The van der Waals surface area contributed by atoms with Gasteiger partial charge in [0.1, 0.15) is 27.4 Å². The number of benzene rings is 3. The molecule has 4 rings (SSSR count). The Kier molecular flexibility index (Phi) is 21.6. The minimum atomic E-state index is -4.92. The maximum atomic E-state index is 14.5. The molecular weight excluding hydrogens is 1030 g/mol. The first-order chi connectivity index (χ1) is 35.2. The molecule has 0 bridgehead atoms. The van der Waals surface area contributed by atoms with Crippen molar-refractivity contribution in [2.75, 3.05) is 53.2 Å². The van der Waals surface area contributed by atoms with Gasteiger partial charge in [0.05, 0.1) is 32.1 Å². The van der Waals surface area contributed by atoms with Gasteiger partial charge in [-0.15, -0.1) is 23.1 Å². The van der Waals surface area contributed by atoms with E-state index in [0.29, 0.717) is 40.4 Å². The molecule has 0 unspecified atom stereocenters. The number of fused-ring (bicyclic) bond motifs is 1. The lowest BCUT2D eigenvalue weighted by molar-refractivity contribution is -0.137. The first kappa shape index (κ1) is 61.5. The van der Waals surface area contributed by atoms with Gasteiger partial charge in [0.15, 0.2) is 0 Å². The average Bonchev–Trinajstić information content (AvgIpc) is 3.68. The van der Waals surface area contributed by atoms with Crippen molar-refractivity contribution in [1.29, 1.82) is 0 Å². The summed E-state index contributed by atoms with van der Waals surface area (Å²) in [5.41, 5.74) is -2.25. The molecule has 0 saturated heterocycles. The van der Waals surface area contributed by atoms with Crippen LogP contribution >= 0.6 is 23.1 Å². The number of nitrogens with zero attached hydrogens (tertiary/aromatic N) is 2. The van der Waals surface area contributed by atoms with Gasteiger partial charge in [-0.05, 0) is 151 Å². The van der Waals surface area contributed by atoms with E-state index in [9.17, 15) is 41.9 Å². The number of ether oxygens (including phenoxy) is 4. The molecule has 0 radical (unpaired) electrons. The highest BCUT2D eigenvalue weighted by Gasteiger charge is 2.33. The number of alkyl carbamates (subject to hydrolysis) is 4. The summed E-state index contributed by atoms with van der Waals surface area (Å²) in [7, 11) is 0. The second-order valence-corrected chi connectivity index (χ2v) is 23.0. The van der Waals surface area contributed by atoms with Gasteiger partial charge in [-0.1, -0.05) is 0 Å². The Bertz CT molecular complexity index is 2680. The van der Waals surface area contributed by atoms with E-state index in [-0.39, 0.29) is 53.9 Å². The molecular formula is C51H69F3N10O10S2. The topological polar surface area (TPSA) is 261 Å². The molecule has 20 nitrogen and oxygen atoms in total. The Labute approximate surface area is 448 Å². The smallest absolute Gasteiger partial charge is 0.416 e. The van der Waals surface area contributed by atoms with Crippen LogP contribution in [0.2, 0.25) is 0 Å². The molecule has 0 saturated carbocycles. The Morgan fingerprint density at radius 2 is 1.14 bits per heavy atom. The lowest BCUT2D eigenvalue weighted by atomic mass is 10.1. The Hall–Kier alpha value is -7.02. The summed E-state index contributed by atoms with van der Waals surface area (Å²) in [4.78, 5) is 85.4. The van der Waals surface area contributed by atoms with E-state index in [0.717, 1.165) is 35.1 Å². The molecule has 3 aromatic carbocycles. The lowest BCUT2D eigenvalue weighted by Crippen LogP contribution is -2.47. The summed E-state index contributed by atoms with van der Waals surface area (Å²) in [6.45, 7) is 21.1. The monoisotopic (exact) mass is 1100 g/mol. The van der Waals surface area contributed by atoms with Crippen LogP contribution in [0.25, 0.3) is 20.8 Å². The zero-order chi connectivity index (χ0) is 56.6. The fraction of sp³-hybridized carbons (Fsp3) is 0.490. The van der Waals surface area contributed by atoms with Crippen LogP contribution in [-0.4, -0.2) is 102 Å². The van der Waals surface area contributed by atoms with Gasteiger partial charge in [0.2, 0.25) is 11.9 Å². The molecule has 8 N–H and O–H groups in total. The molecule has 0 aliphatic heterocycles. The molecule has 416 valence electrons. The van der Waals surface area contributed by atoms with Gasteiger partial charge in [0, 0.05) is 55.3 Å². The van der Waals surface area contributed by atoms with Crippen LogP contribution < -0.4 is 42.5 Å². The average molecular weight is 1100 g/mol. The number of guanidine groups is 1. The molecule has 0 aliphatic carbocycles. The minimum absolute atomic E-state index is 0.00927. The number of carbonyl (C=O) groups excluding carboxylic acids is 6. The molecule has 0 fully saturated rings. The molecule has 76 heavy (non-hydrogen) atoms. The third-order valence-corrected chi connectivity index (χ3v) is 11.4. The van der Waals surface area contributed by atoms with Crippen LogP contribution in [0, 0.1) is 0 Å². The van der Waals surface area contributed by atoms with Crippen molar-refractivity contribution >= 4 is 98.3 Å². The second-order valence-electron chi connectivity index (χ2n) is 20.9. The summed E-state index contributed by atoms with van der Waals surface area (Å²) >= 11 is 2.32. The lowest BCUT2D eigenvalue weighted by Gasteiger charge is -2.22. The SMILES string of the molecule is CC(C)(C)OC(=O)NCCCNc1ccc(-c2nc3ccc(NC(=O)Nc4cc(C(F)(F)F)cc(NC(=O)CCCN=C(NC(=O)OC(C)(C)C)NC(=O)OC(C)(C)C)c4SCCNC(=O)OC(C)(C)C)cc3s2)cc1. The van der Waals surface area contributed by atoms with E-state index in [4.69, 9.17) is 23.9 Å². The summed E-state index contributed by atoms with van der Waals surface area (Å²) in [6, 6.07) is 13.2. The number of hydrogen-bond acceptors (Lipinski definition) is 15. The van der Waals surface area contributed by atoms with Crippen molar-refractivity contribution in [2.45, 2.75) is 136 Å². The Morgan fingerprint density at radius 3 is 1.70 bits per heavy atom. The maximum Gasteiger partial charge on any atom is 0.416 e. The van der Waals surface area contributed by atoms with E-state index in [2.05, 4.69) is 47.5 Å². The standard InChI is InChI=1S/C51H69F3N10O10S2/c1-47(2,3)71-43(67)57-24-14-23-55-32-18-16-30(17-19-32)40-61-34-21-20-33(29-37(34)76-40)59-42(66)62-36-28-31(51(52,53)54)27-35(39(36)75-26-25-58-44(68)72-48(4,5)6)60-38(65)15-13-22-56-41(63-45(69)73-49(7,8)9)64-46(70)74-50(10,11)12/h16-21,27-29,55H,13-15,22-26H2,1-12H3,(H,57,67)(H,58,68)(H,60,65)(H2,59,62,66)(H2,56,63,64,69,70). The predicted octanol–water partition coefficient (Wildman–Crippen LogP) is 11.7. The molecule has 25 heteroatoms. The van der Waals surface area contributed by atoms with Gasteiger partial charge >= 0.3 is 36.6 Å². The number of nitrogens with one attached hydrogen (secondary N) is 8. The highest BCUT2D eigenvalue weighted by atomic mass is 32.2. The van der Waals surface area contributed by atoms with E-state index < -0.39 is 70.5 Å². The number of anilines is 4. The highest BCUT2D eigenvalue weighted by molar-refractivity contribution is 7.99. The third-order valence-electron chi connectivity index (χ3n) is 9.15. The predicted molar refractivity (Wildman–Crippen MR) is 290 cm³/mol. The molecule has 0 atom stereocenters. The largest absolute Gasteiger partial charge is 0.444 e. The zero-order valence-electron chi connectivity index (χ0n) is 44.8. The van der Waals surface area contributed by atoms with Crippen molar-refractivity contribution in [3.05, 3.63) is 60.2 Å². The van der Waals surface area contributed by atoms with E-state index in [1.807, 2.05) is 24.3 Å². The van der Waals surface area contributed by atoms with Gasteiger partial charge in [0.25, 0.3) is 0 Å². The van der Waals surface area contributed by atoms with Gasteiger partial charge in [-0.2, -0.15) is 13.2 Å². The fourth-order valence-corrected chi connectivity index (χ4v) is 8.22. The number of alkyl halides is 3. The number of amides is 7. The number of rotatable bonds is 17. The van der Waals surface area contributed by atoms with Crippen molar-refractivity contribution in [1.82, 2.24) is 26.3 Å². The number of urea groups is 1. The number of thioether (sulfide) groups is 1. The van der Waals surface area contributed by atoms with Crippen LogP contribution in [0.3, 0.4) is 0 Å². The first-order valence-electron chi connectivity index (χ1n) is 24.2. The number of halogens is 3. The third kappa shape index (κ3) is 23.3. The normalized spacial score (nSPS) is 11.9. The minimum Gasteiger partial charge on any atom is -0.444 e. The molecule has 1 heterocycles. The van der Waals surface area contributed by atoms with Crippen LogP contribution in [0.4, 0.5) is 59.9 Å². The maximum absolute atomic E-state index is 14.5. The van der Waals surface area contributed by atoms with E-state index in [1.54, 1.807) is 101 Å². The summed E-state index contributed by atoms with van der Waals surface area (Å²) < 4.78 is 65.3. The van der Waals surface area contributed by atoms with Crippen molar-refractivity contribution in [2.24, 2.45) is 4.99 Å². The van der Waals surface area contributed by atoms with Crippen molar-refractivity contribution < 1.29 is 60.9 Å². The number of carbonyl (C=O) groups is 6. The van der Waals surface area contributed by atoms with Crippen molar-refractivity contribution in [3.8, 4) is 10.6 Å². The first-order valence-corrected chi connectivity index (χ1v) is 26.0. The van der Waals surface area contributed by atoms with Crippen LogP contribution in [0.1, 0.15) is 108 Å². The second kappa shape index (κ2) is 26.6. The van der Waals surface area contributed by atoms with Crippen LogP contribution in [-0.2, 0) is 29.9 Å². The van der Waals surface area contributed by atoms with Crippen LogP contribution in [0.15, 0.2) is 64.5 Å². The fourth-order valence-electron chi connectivity index (χ4n) is 6.28. The number of aliphatic imine (C=N–C) groups is 1. The van der Waals surface area contributed by atoms with E-state index >= 15 is 0 Å². The van der Waals surface area contributed by atoms with Gasteiger partial charge in [-0.3, -0.25) is 20.4 Å². The summed E-state index contributed by atoms with van der Waals surface area (Å²) in [5.74, 6) is -0.996. The van der Waals surface area contributed by atoms with E-state index in [1.165, 1.54) is 11.3 Å². The molecule has 1 aromatic heterocycles. The Balaban J connectivity index is 1.51. The van der Waals surface area contributed by atoms with Gasteiger partial charge in [-0.25, -0.2) is 29.0 Å². The quantitative estimate of drug-likeness (QED) is 0.0161. The number of aromatic nitrogens is 1. The number of thiazole rings is 1. The van der Waals surface area contributed by atoms with Gasteiger partial charge < -0.3 is 50.8 Å². The summed E-state index contributed by atoms with van der Waals surface area (Å²) in [6.07, 6.45) is -7.62. The summed E-state index contributed by atoms with van der Waals surface area (Å²) in [5, 5.41) is 21.7. The molecule has 0 aliphatic rings. The number of hydrogen-bond donors (Lipinski definition) is 8. The van der Waals surface area contributed by atoms with Crippen LogP contribution in [0.5, 0.6) is 0 Å². The molecule has 0 spiro atoms. The highest BCUT2D eigenvalue weighted by Crippen LogP contribution is 2.41. The van der Waals surface area contributed by atoms with Crippen molar-refractivity contribution in [3.63, 3.8) is 0 Å².